The number of nitrogens with two attached hydrogens (primary N) is 1. The first kappa shape index (κ1) is 20.3. The van der Waals surface area contributed by atoms with E-state index in [1.54, 1.807) is 6.07 Å². The van der Waals surface area contributed by atoms with Crippen molar-refractivity contribution in [2.75, 3.05) is 6.54 Å². The highest BCUT2D eigenvalue weighted by Crippen LogP contribution is 2.22. The maximum atomic E-state index is 12.4. The lowest BCUT2D eigenvalue weighted by Gasteiger charge is -2.26. The summed E-state index contributed by atoms with van der Waals surface area (Å²) < 4.78 is 5.79. The Morgan fingerprint density at radius 1 is 1.12 bits per heavy atom. The number of rotatable bonds is 6. The lowest BCUT2D eigenvalue weighted by Crippen LogP contribution is -2.35. The largest absolute Gasteiger partial charge is 0.489 e. The summed E-state index contributed by atoms with van der Waals surface area (Å²) in [6, 6.07) is 17.6. The van der Waals surface area contributed by atoms with Gasteiger partial charge in [-0.05, 0) is 48.9 Å². The first-order valence-electron chi connectivity index (χ1n) is 9.01. The number of hydrogen-bond donors (Lipinski definition) is 2. The van der Waals surface area contributed by atoms with E-state index in [9.17, 15) is 4.79 Å². The topological polar surface area (TPSA) is 64.3 Å². The van der Waals surface area contributed by atoms with Gasteiger partial charge in [0, 0.05) is 18.2 Å². The van der Waals surface area contributed by atoms with Gasteiger partial charge in [-0.15, -0.1) is 12.4 Å². The molecule has 4 nitrogen and oxygen atoms in total. The summed E-state index contributed by atoms with van der Waals surface area (Å²) >= 11 is 0. The van der Waals surface area contributed by atoms with Gasteiger partial charge < -0.3 is 15.8 Å². The predicted octanol–water partition coefficient (Wildman–Crippen LogP) is 3.93. The SMILES string of the molecule is Cl.NC1CCCC(CNC(=O)c2cccc(OCc3ccccc3)c2)C1. The summed E-state index contributed by atoms with van der Waals surface area (Å²) in [5.74, 6) is 1.14. The van der Waals surface area contributed by atoms with Gasteiger partial charge in [-0.25, -0.2) is 0 Å². The minimum atomic E-state index is -0.0516. The smallest absolute Gasteiger partial charge is 0.251 e. The lowest BCUT2D eigenvalue weighted by molar-refractivity contribution is 0.0942. The van der Waals surface area contributed by atoms with Gasteiger partial charge in [-0.1, -0.05) is 42.8 Å². The van der Waals surface area contributed by atoms with Gasteiger partial charge in [0.1, 0.15) is 12.4 Å². The number of amides is 1. The zero-order valence-electron chi connectivity index (χ0n) is 14.9. The van der Waals surface area contributed by atoms with E-state index in [0.29, 0.717) is 30.4 Å². The Morgan fingerprint density at radius 3 is 2.69 bits per heavy atom. The van der Waals surface area contributed by atoms with Crippen molar-refractivity contribution in [3.63, 3.8) is 0 Å². The van der Waals surface area contributed by atoms with Crippen LogP contribution in [0.1, 0.15) is 41.6 Å². The molecule has 140 valence electrons. The summed E-state index contributed by atoms with van der Waals surface area (Å²) in [4.78, 5) is 12.4. The number of carbonyl (C=O) groups excluding carboxylic acids is 1. The Kier molecular flexibility index (Phi) is 7.95. The molecule has 5 heteroatoms. The number of carbonyl (C=O) groups is 1. The normalized spacial score (nSPS) is 19.3. The molecule has 2 unspecified atom stereocenters. The summed E-state index contributed by atoms with van der Waals surface area (Å²) in [7, 11) is 0. The number of benzene rings is 2. The van der Waals surface area contributed by atoms with Crippen molar-refractivity contribution in [1.82, 2.24) is 5.32 Å². The Balaban J connectivity index is 0.00000243. The van der Waals surface area contributed by atoms with Crippen LogP contribution in [0, 0.1) is 5.92 Å². The molecule has 0 bridgehead atoms. The highest BCUT2D eigenvalue weighted by atomic mass is 35.5. The Morgan fingerprint density at radius 2 is 1.92 bits per heavy atom. The second-order valence-corrected chi connectivity index (χ2v) is 6.80. The summed E-state index contributed by atoms with van der Waals surface area (Å²) in [5, 5.41) is 3.04. The van der Waals surface area contributed by atoms with Crippen LogP contribution in [-0.2, 0) is 6.61 Å². The average molecular weight is 375 g/mol. The van der Waals surface area contributed by atoms with Crippen molar-refractivity contribution < 1.29 is 9.53 Å². The van der Waals surface area contributed by atoms with Crippen molar-refractivity contribution in [3.8, 4) is 5.75 Å². The van der Waals surface area contributed by atoms with Gasteiger partial charge in [0.05, 0.1) is 0 Å². The predicted molar refractivity (Wildman–Crippen MR) is 107 cm³/mol. The molecular weight excluding hydrogens is 348 g/mol. The fourth-order valence-corrected chi connectivity index (χ4v) is 3.33. The molecule has 1 saturated carbocycles. The van der Waals surface area contributed by atoms with E-state index < -0.39 is 0 Å². The molecule has 1 aliphatic carbocycles. The number of halogens is 1. The van der Waals surface area contributed by atoms with E-state index in [1.165, 1.54) is 0 Å². The van der Waals surface area contributed by atoms with E-state index >= 15 is 0 Å². The van der Waals surface area contributed by atoms with E-state index in [4.69, 9.17) is 10.5 Å². The Hall–Kier alpha value is -2.04. The lowest BCUT2D eigenvalue weighted by atomic mass is 9.86. The Bertz CT molecular complexity index is 693. The van der Waals surface area contributed by atoms with E-state index in [1.807, 2.05) is 48.5 Å². The van der Waals surface area contributed by atoms with Gasteiger partial charge in [0.2, 0.25) is 0 Å². The molecule has 1 amide bonds. The maximum absolute atomic E-state index is 12.4. The molecule has 2 aromatic rings. The highest BCUT2D eigenvalue weighted by Gasteiger charge is 2.19. The van der Waals surface area contributed by atoms with Crippen LogP contribution in [0.4, 0.5) is 0 Å². The van der Waals surface area contributed by atoms with Crippen LogP contribution in [0.15, 0.2) is 54.6 Å². The molecule has 0 radical (unpaired) electrons. The second-order valence-electron chi connectivity index (χ2n) is 6.80. The standard InChI is InChI=1S/C21H26N2O2.ClH/c22-19-10-4-8-17(12-19)14-23-21(24)18-9-5-11-20(13-18)25-15-16-6-2-1-3-7-16;/h1-3,5-7,9,11,13,17,19H,4,8,10,12,14-15,22H2,(H,23,24);1H. The molecule has 0 aliphatic heterocycles. The molecule has 2 aromatic carbocycles. The van der Waals surface area contributed by atoms with Crippen molar-refractivity contribution in [3.05, 3.63) is 65.7 Å². The van der Waals surface area contributed by atoms with Gasteiger partial charge in [0.15, 0.2) is 0 Å². The molecule has 0 heterocycles. The summed E-state index contributed by atoms with van der Waals surface area (Å²) in [6.07, 6.45) is 4.41. The molecular formula is C21H27ClN2O2. The van der Waals surface area contributed by atoms with E-state index in [0.717, 1.165) is 31.2 Å². The monoisotopic (exact) mass is 374 g/mol. The van der Waals surface area contributed by atoms with Crippen molar-refractivity contribution >= 4 is 18.3 Å². The second kappa shape index (κ2) is 10.2. The van der Waals surface area contributed by atoms with Gasteiger partial charge in [0.25, 0.3) is 5.91 Å². The van der Waals surface area contributed by atoms with Gasteiger partial charge in [-0.3, -0.25) is 4.79 Å². The molecule has 3 N–H and O–H groups in total. The average Bonchev–Trinajstić information content (AvgIpc) is 2.65. The third-order valence-electron chi connectivity index (χ3n) is 4.72. The summed E-state index contributed by atoms with van der Waals surface area (Å²) in [5.41, 5.74) is 7.75. The first-order valence-corrected chi connectivity index (χ1v) is 9.01. The minimum Gasteiger partial charge on any atom is -0.489 e. The third-order valence-corrected chi connectivity index (χ3v) is 4.72. The summed E-state index contributed by atoms with van der Waals surface area (Å²) in [6.45, 7) is 1.19. The van der Waals surface area contributed by atoms with Crippen LogP contribution in [0.2, 0.25) is 0 Å². The molecule has 1 aliphatic rings. The maximum Gasteiger partial charge on any atom is 0.251 e. The van der Waals surface area contributed by atoms with Gasteiger partial charge >= 0.3 is 0 Å². The zero-order chi connectivity index (χ0) is 17.5. The van der Waals surface area contributed by atoms with Crippen molar-refractivity contribution in [2.24, 2.45) is 11.7 Å². The quantitative estimate of drug-likeness (QED) is 0.805. The van der Waals surface area contributed by atoms with Crippen LogP contribution < -0.4 is 15.8 Å². The molecule has 3 rings (SSSR count). The molecule has 1 fully saturated rings. The minimum absolute atomic E-state index is 0. The molecule has 26 heavy (non-hydrogen) atoms. The van der Waals surface area contributed by atoms with Crippen LogP contribution in [0.5, 0.6) is 5.75 Å². The third kappa shape index (κ3) is 6.04. The van der Waals surface area contributed by atoms with E-state index in [2.05, 4.69) is 5.32 Å². The van der Waals surface area contributed by atoms with Gasteiger partial charge in [-0.2, -0.15) is 0 Å². The number of hydrogen-bond acceptors (Lipinski definition) is 3. The Labute approximate surface area is 161 Å². The van der Waals surface area contributed by atoms with Crippen molar-refractivity contribution in [2.45, 2.75) is 38.3 Å². The van der Waals surface area contributed by atoms with E-state index in [-0.39, 0.29) is 24.4 Å². The van der Waals surface area contributed by atoms with Crippen LogP contribution in [0.25, 0.3) is 0 Å². The van der Waals surface area contributed by atoms with Crippen LogP contribution in [-0.4, -0.2) is 18.5 Å². The molecule has 0 aromatic heterocycles. The number of nitrogens with one attached hydrogen (secondary N) is 1. The fraction of sp³-hybridized carbons (Fsp3) is 0.381. The highest BCUT2D eigenvalue weighted by molar-refractivity contribution is 5.94. The first-order chi connectivity index (χ1) is 12.2. The fourth-order valence-electron chi connectivity index (χ4n) is 3.33. The molecule has 2 atom stereocenters. The van der Waals surface area contributed by atoms with Crippen LogP contribution >= 0.6 is 12.4 Å². The molecule has 0 spiro atoms. The van der Waals surface area contributed by atoms with Crippen molar-refractivity contribution in [1.29, 1.82) is 0 Å². The zero-order valence-corrected chi connectivity index (χ0v) is 15.7. The number of ether oxygens (including phenoxy) is 1. The molecule has 0 saturated heterocycles. The van der Waals surface area contributed by atoms with Crippen LogP contribution in [0.3, 0.4) is 0 Å².